The summed E-state index contributed by atoms with van der Waals surface area (Å²) in [7, 11) is 0. The summed E-state index contributed by atoms with van der Waals surface area (Å²) in [5, 5.41) is 1.86. The number of hydrogen-bond donors (Lipinski definition) is 0. The van der Waals surface area contributed by atoms with Gasteiger partial charge in [0.15, 0.2) is 0 Å². The highest BCUT2D eigenvalue weighted by atomic mass is 79.9. The summed E-state index contributed by atoms with van der Waals surface area (Å²) < 4.78 is 0. The van der Waals surface area contributed by atoms with Crippen LogP contribution in [0.5, 0.6) is 0 Å². The second-order valence-corrected chi connectivity index (χ2v) is 5.52. The fraction of sp³-hybridized carbons (Fsp3) is 0.250. The van der Waals surface area contributed by atoms with Crippen molar-refractivity contribution in [2.45, 2.75) is 23.5 Å². The first-order valence-electron chi connectivity index (χ1n) is 6.09. The quantitative estimate of drug-likeness (QED) is 0.632. The lowest BCUT2D eigenvalue weighted by molar-refractivity contribution is 0.958. The molecular formula is C16H16Br2. The molecule has 0 heterocycles. The maximum Gasteiger partial charge on any atom is 0.0283 e. The molecular weight excluding hydrogens is 352 g/mol. The molecule has 0 aliphatic heterocycles. The predicted molar refractivity (Wildman–Crippen MR) is 85.6 cm³/mol. The van der Waals surface area contributed by atoms with E-state index in [0.29, 0.717) is 0 Å². The molecule has 0 aliphatic carbocycles. The van der Waals surface area contributed by atoms with Gasteiger partial charge in [0.25, 0.3) is 0 Å². The average Bonchev–Trinajstić information content (AvgIpc) is 2.46. The highest BCUT2D eigenvalue weighted by Gasteiger charge is 1.97. The van der Waals surface area contributed by atoms with E-state index >= 15 is 0 Å². The number of alkyl halides is 2. The van der Waals surface area contributed by atoms with Crippen LogP contribution in [0.15, 0.2) is 48.5 Å². The van der Waals surface area contributed by atoms with Crippen LogP contribution in [-0.2, 0) is 23.5 Å². The Bertz CT molecular complexity index is 424. The Labute approximate surface area is 126 Å². The van der Waals surface area contributed by atoms with E-state index in [1.54, 1.807) is 0 Å². The normalized spacial score (nSPS) is 10.6. The molecule has 2 aromatic carbocycles. The third-order valence-corrected chi connectivity index (χ3v) is 4.35. The van der Waals surface area contributed by atoms with Gasteiger partial charge in [0.2, 0.25) is 0 Å². The van der Waals surface area contributed by atoms with E-state index < -0.39 is 0 Å². The summed E-state index contributed by atoms with van der Waals surface area (Å²) in [6.45, 7) is 0. The standard InChI is InChI=1S/C16H16Br2/c17-11-15-7-3-13(4-8-15)1-2-14-5-9-16(12-18)10-6-14/h3-10H,1-2,11-12H2. The van der Waals surface area contributed by atoms with Crippen LogP contribution < -0.4 is 0 Å². The molecule has 18 heavy (non-hydrogen) atoms. The van der Waals surface area contributed by atoms with Gasteiger partial charge in [-0.3, -0.25) is 0 Å². The molecule has 0 saturated carbocycles. The minimum absolute atomic E-state index is 0.932. The summed E-state index contributed by atoms with van der Waals surface area (Å²) in [4.78, 5) is 0. The van der Waals surface area contributed by atoms with Gasteiger partial charge < -0.3 is 0 Å². The number of aryl methyl sites for hydroxylation is 2. The summed E-state index contributed by atoms with van der Waals surface area (Å²) >= 11 is 6.93. The molecule has 0 amide bonds. The topological polar surface area (TPSA) is 0 Å². The zero-order chi connectivity index (χ0) is 12.8. The van der Waals surface area contributed by atoms with Crippen molar-refractivity contribution in [1.82, 2.24) is 0 Å². The lowest BCUT2D eigenvalue weighted by atomic mass is 10.0. The van der Waals surface area contributed by atoms with Gasteiger partial charge in [-0.1, -0.05) is 80.4 Å². The lowest BCUT2D eigenvalue weighted by Gasteiger charge is -2.04. The number of benzene rings is 2. The summed E-state index contributed by atoms with van der Waals surface area (Å²) in [5.41, 5.74) is 5.48. The minimum Gasteiger partial charge on any atom is -0.0876 e. The van der Waals surface area contributed by atoms with Crippen molar-refractivity contribution in [3.63, 3.8) is 0 Å². The minimum atomic E-state index is 0.932. The molecule has 0 nitrogen and oxygen atoms in total. The number of rotatable bonds is 5. The van der Waals surface area contributed by atoms with E-state index in [0.717, 1.165) is 23.5 Å². The summed E-state index contributed by atoms with van der Waals surface area (Å²) in [5.74, 6) is 0. The van der Waals surface area contributed by atoms with Crippen LogP contribution in [0.1, 0.15) is 22.3 Å². The van der Waals surface area contributed by atoms with Gasteiger partial charge >= 0.3 is 0 Å². The third-order valence-electron chi connectivity index (χ3n) is 3.06. The molecule has 0 fully saturated rings. The Hall–Kier alpha value is -0.600. The predicted octanol–water partition coefficient (Wildman–Crippen LogP) is 5.26. The van der Waals surface area contributed by atoms with Gasteiger partial charge in [-0.15, -0.1) is 0 Å². The van der Waals surface area contributed by atoms with Gasteiger partial charge in [-0.25, -0.2) is 0 Å². The monoisotopic (exact) mass is 366 g/mol. The molecule has 0 aromatic heterocycles. The average molecular weight is 368 g/mol. The van der Waals surface area contributed by atoms with Crippen LogP contribution in [-0.4, -0.2) is 0 Å². The van der Waals surface area contributed by atoms with Crippen molar-refractivity contribution >= 4 is 31.9 Å². The van der Waals surface area contributed by atoms with Gasteiger partial charge in [-0.05, 0) is 35.1 Å². The Morgan fingerprint density at radius 2 is 0.778 bits per heavy atom. The number of hydrogen-bond acceptors (Lipinski definition) is 0. The molecule has 0 spiro atoms. The van der Waals surface area contributed by atoms with E-state index in [2.05, 4.69) is 80.4 Å². The summed E-state index contributed by atoms with van der Waals surface area (Å²) in [6.07, 6.45) is 2.21. The second-order valence-electron chi connectivity index (χ2n) is 4.40. The van der Waals surface area contributed by atoms with E-state index in [9.17, 15) is 0 Å². The van der Waals surface area contributed by atoms with Crippen LogP contribution in [0, 0.1) is 0 Å². The fourth-order valence-corrected chi connectivity index (χ4v) is 2.63. The third kappa shape index (κ3) is 3.96. The SMILES string of the molecule is BrCc1ccc(CCc2ccc(CBr)cc2)cc1. The molecule has 0 saturated heterocycles. The summed E-state index contributed by atoms with van der Waals surface area (Å²) in [6, 6.07) is 17.7. The molecule has 0 radical (unpaired) electrons. The smallest absolute Gasteiger partial charge is 0.0283 e. The maximum atomic E-state index is 3.47. The zero-order valence-corrected chi connectivity index (χ0v) is 13.4. The molecule has 0 atom stereocenters. The lowest BCUT2D eigenvalue weighted by Crippen LogP contribution is -1.92. The van der Waals surface area contributed by atoms with E-state index in [4.69, 9.17) is 0 Å². The Morgan fingerprint density at radius 3 is 1.06 bits per heavy atom. The first-order chi connectivity index (χ1) is 8.81. The Morgan fingerprint density at radius 1 is 0.500 bits per heavy atom. The second kappa shape index (κ2) is 7.10. The van der Waals surface area contributed by atoms with E-state index in [1.807, 2.05) is 0 Å². The van der Waals surface area contributed by atoms with Crippen molar-refractivity contribution in [3.8, 4) is 0 Å². The maximum absolute atomic E-state index is 3.47. The van der Waals surface area contributed by atoms with Crippen molar-refractivity contribution < 1.29 is 0 Å². The fourth-order valence-electron chi connectivity index (χ4n) is 1.88. The van der Waals surface area contributed by atoms with Crippen LogP contribution in [0.3, 0.4) is 0 Å². The van der Waals surface area contributed by atoms with Gasteiger partial charge in [0.05, 0.1) is 0 Å². The molecule has 0 unspecified atom stereocenters. The van der Waals surface area contributed by atoms with Gasteiger partial charge in [-0.2, -0.15) is 0 Å². The van der Waals surface area contributed by atoms with Crippen molar-refractivity contribution in [1.29, 1.82) is 0 Å². The largest absolute Gasteiger partial charge is 0.0876 e. The van der Waals surface area contributed by atoms with Gasteiger partial charge in [0.1, 0.15) is 0 Å². The van der Waals surface area contributed by atoms with Crippen molar-refractivity contribution in [2.24, 2.45) is 0 Å². The molecule has 0 aliphatic rings. The Balaban J connectivity index is 1.93. The molecule has 2 rings (SSSR count). The molecule has 0 bridgehead atoms. The van der Waals surface area contributed by atoms with Crippen molar-refractivity contribution in [3.05, 3.63) is 70.8 Å². The highest BCUT2D eigenvalue weighted by molar-refractivity contribution is 9.08. The first-order valence-corrected chi connectivity index (χ1v) is 8.33. The highest BCUT2D eigenvalue weighted by Crippen LogP contribution is 2.12. The van der Waals surface area contributed by atoms with E-state index in [1.165, 1.54) is 22.3 Å². The van der Waals surface area contributed by atoms with Crippen LogP contribution in [0.4, 0.5) is 0 Å². The Kier molecular flexibility index (Phi) is 5.45. The van der Waals surface area contributed by atoms with Gasteiger partial charge in [0, 0.05) is 10.7 Å². The van der Waals surface area contributed by atoms with Crippen LogP contribution in [0.2, 0.25) is 0 Å². The van der Waals surface area contributed by atoms with Crippen LogP contribution in [0.25, 0.3) is 0 Å². The molecule has 0 N–H and O–H groups in total. The molecule has 94 valence electrons. The van der Waals surface area contributed by atoms with Crippen LogP contribution >= 0.6 is 31.9 Å². The van der Waals surface area contributed by atoms with Crippen molar-refractivity contribution in [2.75, 3.05) is 0 Å². The first kappa shape index (κ1) is 13.8. The molecule has 2 aromatic rings. The molecule has 2 heteroatoms. The van der Waals surface area contributed by atoms with E-state index in [-0.39, 0.29) is 0 Å². The number of halogens is 2. The zero-order valence-electron chi connectivity index (χ0n) is 10.2.